The van der Waals surface area contributed by atoms with E-state index in [1.54, 1.807) is 50.3 Å². The van der Waals surface area contributed by atoms with Gasteiger partial charge in [0.05, 0.1) is 0 Å². The first-order valence-corrected chi connectivity index (χ1v) is 6.56. The summed E-state index contributed by atoms with van der Waals surface area (Å²) < 4.78 is 0. The lowest BCUT2D eigenvalue weighted by Crippen LogP contribution is -2.18. The Morgan fingerprint density at radius 3 is 2.18 bits per heavy atom. The second kappa shape index (κ2) is 7.47. The molecule has 1 amide bonds. The van der Waals surface area contributed by atoms with E-state index in [4.69, 9.17) is 15.8 Å². The van der Waals surface area contributed by atoms with Crippen molar-refractivity contribution < 1.29 is 4.79 Å². The van der Waals surface area contributed by atoms with Gasteiger partial charge in [-0.3, -0.25) is 4.79 Å². The third-order valence-electron chi connectivity index (χ3n) is 2.86. The molecule has 0 fully saturated rings. The third-order valence-corrected chi connectivity index (χ3v) is 2.86. The van der Waals surface area contributed by atoms with Gasteiger partial charge in [-0.25, -0.2) is 0 Å². The largest absolute Gasteiger partial charge is 0.345 e. The van der Waals surface area contributed by atoms with E-state index < -0.39 is 0 Å². The van der Waals surface area contributed by atoms with E-state index in [1.807, 2.05) is 6.92 Å². The fourth-order valence-corrected chi connectivity index (χ4v) is 1.59. The Labute approximate surface area is 129 Å². The molecule has 0 saturated carbocycles. The first-order valence-electron chi connectivity index (χ1n) is 6.56. The lowest BCUT2D eigenvalue weighted by molar-refractivity contribution is -0.118. The molecule has 0 aliphatic heterocycles. The molecule has 0 aliphatic rings. The molecule has 0 atom stereocenters. The van der Waals surface area contributed by atoms with Crippen molar-refractivity contribution in [3.05, 3.63) is 35.0 Å². The average Bonchev–Trinajstić information content (AvgIpc) is 2.49. The second-order valence-corrected chi connectivity index (χ2v) is 4.88. The highest BCUT2D eigenvalue weighted by molar-refractivity contribution is 5.93. The lowest BCUT2D eigenvalue weighted by Gasteiger charge is -2.12. The molecule has 0 heterocycles. The standard InChI is InChI=1S/C16H15N5O/c1-10(2)16(22)21-14-5-4-13(6-11(14)3)20-15(9-19)12(7-17)8-18/h4-6,10,20H,1-3H3,(H,21,22). The summed E-state index contributed by atoms with van der Waals surface area (Å²) in [4.78, 5) is 11.7. The van der Waals surface area contributed by atoms with Crippen LogP contribution in [0.2, 0.25) is 0 Å². The molecule has 0 bridgehead atoms. The summed E-state index contributed by atoms with van der Waals surface area (Å²) >= 11 is 0. The van der Waals surface area contributed by atoms with E-state index in [1.165, 1.54) is 0 Å². The number of hydrogen-bond donors (Lipinski definition) is 2. The highest BCUT2D eigenvalue weighted by atomic mass is 16.1. The number of nitriles is 3. The minimum atomic E-state index is -0.280. The highest BCUT2D eigenvalue weighted by Gasteiger charge is 2.10. The molecule has 1 aromatic rings. The van der Waals surface area contributed by atoms with Gasteiger partial charge in [-0.15, -0.1) is 0 Å². The van der Waals surface area contributed by atoms with Crippen molar-refractivity contribution in [3.63, 3.8) is 0 Å². The Hall–Kier alpha value is -3.30. The molecule has 2 N–H and O–H groups in total. The predicted molar refractivity (Wildman–Crippen MR) is 82.1 cm³/mol. The molecule has 0 aliphatic carbocycles. The zero-order chi connectivity index (χ0) is 16.7. The number of carbonyl (C=O) groups is 1. The van der Waals surface area contributed by atoms with Crippen molar-refractivity contribution in [2.24, 2.45) is 5.92 Å². The van der Waals surface area contributed by atoms with Crippen molar-refractivity contribution in [1.82, 2.24) is 0 Å². The molecule has 1 rings (SSSR count). The molecule has 110 valence electrons. The summed E-state index contributed by atoms with van der Waals surface area (Å²) in [5.41, 5.74) is 1.64. The van der Waals surface area contributed by atoms with Crippen LogP contribution in [-0.4, -0.2) is 5.91 Å². The molecule has 0 saturated heterocycles. The summed E-state index contributed by atoms with van der Waals surface area (Å²) in [6, 6.07) is 10.2. The zero-order valence-corrected chi connectivity index (χ0v) is 12.6. The Morgan fingerprint density at radius 1 is 1.09 bits per heavy atom. The van der Waals surface area contributed by atoms with Crippen LogP contribution >= 0.6 is 0 Å². The highest BCUT2D eigenvalue weighted by Crippen LogP contribution is 2.21. The summed E-state index contributed by atoms with van der Waals surface area (Å²) in [5, 5.41) is 32.1. The van der Waals surface area contributed by atoms with Gasteiger partial charge in [0, 0.05) is 17.3 Å². The second-order valence-electron chi connectivity index (χ2n) is 4.88. The van der Waals surface area contributed by atoms with Crippen LogP contribution < -0.4 is 10.6 Å². The van der Waals surface area contributed by atoms with Crippen LogP contribution in [0.4, 0.5) is 11.4 Å². The maximum Gasteiger partial charge on any atom is 0.226 e. The fourth-order valence-electron chi connectivity index (χ4n) is 1.59. The van der Waals surface area contributed by atoms with Crippen LogP contribution in [0.15, 0.2) is 29.5 Å². The molecule has 0 aromatic heterocycles. The summed E-state index contributed by atoms with van der Waals surface area (Å²) in [7, 11) is 0. The summed E-state index contributed by atoms with van der Waals surface area (Å²) in [6.45, 7) is 5.41. The maximum atomic E-state index is 11.7. The Morgan fingerprint density at radius 2 is 1.73 bits per heavy atom. The van der Waals surface area contributed by atoms with Crippen molar-refractivity contribution in [1.29, 1.82) is 15.8 Å². The Balaban J connectivity index is 3.03. The first-order chi connectivity index (χ1) is 10.4. The fraction of sp³-hybridized carbons (Fsp3) is 0.250. The molecule has 22 heavy (non-hydrogen) atoms. The third kappa shape index (κ3) is 4.10. The van der Waals surface area contributed by atoms with Crippen molar-refractivity contribution in [3.8, 4) is 18.2 Å². The van der Waals surface area contributed by atoms with Crippen LogP contribution in [0.3, 0.4) is 0 Å². The molecule has 6 heteroatoms. The van der Waals surface area contributed by atoms with Gasteiger partial charge in [0.25, 0.3) is 0 Å². The van der Waals surface area contributed by atoms with Gasteiger partial charge in [-0.1, -0.05) is 13.8 Å². The average molecular weight is 293 g/mol. The SMILES string of the molecule is Cc1cc(NC(C#N)=C(C#N)C#N)ccc1NC(=O)C(C)C. The van der Waals surface area contributed by atoms with E-state index in [9.17, 15) is 4.79 Å². The van der Waals surface area contributed by atoms with Gasteiger partial charge in [-0.2, -0.15) is 15.8 Å². The number of rotatable bonds is 4. The number of anilines is 2. The monoisotopic (exact) mass is 293 g/mol. The maximum absolute atomic E-state index is 11.7. The van der Waals surface area contributed by atoms with Crippen LogP contribution in [0, 0.1) is 46.8 Å². The molecule has 6 nitrogen and oxygen atoms in total. The quantitative estimate of drug-likeness (QED) is 0.829. The van der Waals surface area contributed by atoms with E-state index in [-0.39, 0.29) is 23.1 Å². The summed E-state index contributed by atoms with van der Waals surface area (Å²) in [6.07, 6.45) is 0. The number of amides is 1. The van der Waals surface area contributed by atoms with E-state index in [2.05, 4.69) is 10.6 Å². The minimum absolute atomic E-state index is 0.0855. The van der Waals surface area contributed by atoms with Gasteiger partial charge >= 0.3 is 0 Å². The smallest absolute Gasteiger partial charge is 0.226 e. The molecule has 0 radical (unpaired) electrons. The Kier molecular flexibility index (Phi) is 5.69. The number of hydrogen-bond acceptors (Lipinski definition) is 5. The van der Waals surface area contributed by atoms with Gasteiger partial charge in [0.2, 0.25) is 5.91 Å². The van der Waals surface area contributed by atoms with Gasteiger partial charge in [0.15, 0.2) is 5.57 Å². The van der Waals surface area contributed by atoms with Gasteiger partial charge in [-0.05, 0) is 30.7 Å². The number of carbonyl (C=O) groups excluding carboxylic acids is 1. The van der Waals surface area contributed by atoms with E-state index in [0.717, 1.165) is 5.56 Å². The lowest BCUT2D eigenvalue weighted by atomic mass is 10.1. The number of allylic oxidation sites excluding steroid dienone is 2. The number of benzene rings is 1. The van der Waals surface area contributed by atoms with Crippen LogP contribution in [0.25, 0.3) is 0 Å². The molecular formula is C16H15N5O. The molecule has 0 spiro atoms. The van der Waals surface area contributed by atoms with Gasteiger partial charge in [0.1, 0.15) is 23.9 Å². The van der Waals surface area contributed by atoms with Crippen molar-refractivity contribution >= 4 is 17.3 Å². The molecule has 0 unspecified atom stereocenters. The topological polar surface area (TPSA) is 112 Å². The predicted octanol–water partition coefficient (Wildman–Crippen LogP) is 2.83. The zero-order valence-electron chi connectivity index (χ0n) is 12.6. The minimum Gasteiger partial charge on any atom is -0.345 e. The van der Waals surface area contributed by atoms with Crippen LogP contribution in [0.1, 0.15) is 19.4 Å². The molecule has 1 aromatic carbocycles. The molecular weight excluding hydrogens is 278 g/mol. The normalized spacial score (nSPS) is 9.14. The van der Waals surface area contributed by atoms with Crippen LogP contribution in [-0.2, 0) is 4.79 Å². The van der Waals surface area contributed by atoms with Gasteiger partial charge < -0.3 is 10.6 Å². The van der Waals surface area contributed by atoms with Crippen LogP contribution in [0.5, 0.6) is 0 Å². The summed E-state index contributed by atoms with van der Waals surface area (Å²) in [5.74, 6) is -0.211. The number of aryl methyl sites for hydroxylation is 1. The van der Waals surface area contributed by atoms with E-state index >= 15 is 0 Å². The Bertz CT molecular complexity index is 725. The number of nitrogens with one attached hydrogen (secondary N) is 2. The van der Waals surface area contributed by atoms with Crippen molar-refractivity contribution in [2.45, 2.75) is 20.8 Å². The van der Waals surface area contributed by atoms with E-state index in [0.29, 0.717) is 11.4 Å². The first kappa shape index (κ1) is 16.8. The van der Waals surface area contributed by atoms with Crippen molar-refractivity contribution in [2.75, 3.05) is 10.6 Å². The number of nitrogens with zero attached hydrogens (tertiary/aromatic N) is 3.